The van der Waals surface area contributed by atoms with Gasteiger partial charge in [-0.05, 0) is 84.3 Å². The zero-order valence-electron chi connectivity index (χ0n) is 20.1. The number of fused-ring (bicyclic) bond motifs is 6. The summed E-state index contributed by atoms with van der Waals surface area (Å²) < 4.78 is 15.5. The maximum Gasteiger partial charge on any atom is 0.131 e. The molecule has 0 saturated heterocycles. The van der Waals surface area contributed by atoms with Gasteiger partial charge in [-0.15, -0.1) is 0 Å². The lowest BCUT2D eigenvalue weighted by Crippen LogP contribution is -1.93. The predicted molar refractivity (Wildman–Crippen MR) is 149 cm³/mol. The van der Waals surface area contributed by atoms with Crippen LogP contribution < -0.4 is 0 Å². The Hall–Kier alpha value is -4.50. The number of pyridine rings is 1. The molecule has 2 heterocycles. The first-order chi connectivity index (χ1) is 17.6. The van der Waals surface area contributed by atoms with E-state index in [-0.39, 0.29) is 5.82 Å². The molecule has 7 rings (SSSR count). The third-order valence-electron chi connectivity index (χ3n) is 7.16. The van der Waals surface area contributed by atoms with Gasteiger partial charge in [0.25, 0.3) is 0 Å². The van der Waals surface area contributed by atoms with Crippen molar-refractivity contribution in [3.8, 4) is 22.4 Å². The van der Waals surface area contributed by atoms with Crippen LogP contribution in [-0.4, -0.2) is 9.97 Å². The zero-order chi connectivity index (χ0) is 24.4. The molecule has 0 saturated carbocycles. The molecule has 2 aromatic heterocycles. The highest BCUT2D eigenvalue weighted by Gasteiger charge is 2.17. The van der Waals surface area contributed by atoms with E-state index in [2.05, 4.69) is 79.5 Å². The summed E-state index contributed by atoms with van der Waals surface area (Å²) in [7, 11) is 0. The van der Waals surface area contributed by atoms with Crippen LogP contribution in [0.4, 0.5) is 4.39 Å². The van der Waals surface area contributed by atoms with Crippen LogP contribution >= 0.6 is 0 Å². The third-order valence-corrected chi connectivity index (χ3v) is 7.16. The van der Waals surface area contributed by atoms with E-state index in [4.69, 9.17) is 4.98 Å². The van der Waals surface area contributed by atoms with Crippen LogP contribution in [0.2, 0.25) is 0 Å². The normalized spacial score (nSPS) is 11.8. The van der Waals surface area contributed by atoms with Crippen LogP contribution in [-0.2, 0) is 0 Å². The quantitative estimate of drug-likeness (QED) is 0.253. The van der Waals surface area contributed by atoms with Crippen molar-refractivity contribution >= 4 is 43.4 Å². The number of nitrogens with zero attached hydrogens (tertiary/aromatic N) is 1. The van der Waals surface area contributed by atoms with E-state index in [1.807, 2.05) is 24.4 Å². The van der Waals surface area contributed by atoms with Crippen molar-refractivity contribution in [3.05, 3.63) is 114 Å². The first kappa shape index (κ1) is 20.8. The van der Waals surface area contributed by atoms with E-state index in [0.717, 1.165) is 60.3 Å². The zero-order valence-corrected chi connectivity index (χ0v) is 20.1. The summed E-state index contributed by atoms with van der Waals surface area (Å²) in [6, 6.07) is 30.6. The van der Waals surface area contributed by atoms with Crippen LogP contribution in [0.25, 0.3) is 65.7 Å². The maximum atomic E-state index is 15.5. The molecule has 0 bridgehead atoms. The summed E-state index contributed by atoms with van der Waals surface area (Å²) in [5.74, 6) is -0.215. The Morgan fingerprint density at radius 2 is 1.39 bits per heavy atom. The van der Waals surface area contributed by atoms with E-state index in [1.54, 1.807) is 12.1 Å². The second-order valence-electron chi connectivity index (χ2n) is 9.65. The number of para-hydroxylation sites is 1. The number of benzene rings is 5. The lowest BCUT2D eigenvalue weighted by atomic mass is 9.90. The molecule has 0 atom stereocenters. The van der Waals surface area contributed by atoms with Crippen molar-refractivity contribution in [1.82, 2.24) is 9.97 Å². The average Bonchev–Trinajstić information content (AvgIpc) is 3.25. The smallest absolute Gasteiger partial charge is 0.131 e. The number of rotatable bonds is 2. The molecule has 1 N–H and O–H groups in total. The number of H-pyrrole nitrogens is 1. The number of halogens is 1. The fourth-order valence-electron chi connectivity index (χ4n) is 5.68. The fraction of sp³-hybridized carbons (Fsp3) is 0.0606. The molecule has 0 radical (unpaired) electrons. The lowest BCUT2D eigenvalue weighted by Gasteiger charge is -2.15. The van der Waals surface area contributed by atoms with Crippen molar-refractivity contribution in [2.45, 2.75) is 13.8 Å². The number of aromatic amines is 1. The van der Waals surface area contributed by atoms with Crippen LogP contribution in [0.5, 0.6) is 0 Å². The van der Waals surface area contributed by atoms with Gasteiger partial charge >= 0.3 is 0 Å². The summed E-state index contributed by atoms with van der Waals surface area (Å²) in [6.07, 6.45) is 1.83. The number of aromatic nitrogens is 2. The van der Waals surface area contributed by atoms with Gasteiger partial charge in [-0.3, -0.25) is 4.98 Å². The molecule has 36 heavy (non-hydrogen) atoms. The molecular formula is C33H23FN2. The molecule has 0 fully saturated rings. The third kappa shape index (κ3) is 3.13. The van der Waals surface area contributed by atoms with Gasteiger partial charge in [-0.1, -0.05) is 53.6 Å². The predicted octanol–water partition coefficient (Wildman–Crippen LogP) is 9.11. The van der Waals surface area contributed by atoms with Gasteiger partial charge in [-0.25, -0.2) is 4.39 Å². The molecular weight excluding hydrogens is 443 g/mol. The summed E-state index contributed by atoms with van der Waals surface area (Å²) >= 11 is 0. The molecule has 172 valence electrons. The first-order valence-electron chi connectivity index (χ1n) is 12.2. The Kier molecular flexibility index (Phi) is 4.49. The Labute approximate surface area is 208 Å². The van der Waals surface area contributed by atoms with E-state index >= 15 is 4.39 Å². The van der Waals surface area contributed by atoms with Gasteiger partial charge in [0, 0.05) is 44.3 Å². The second kappa shape index (κ2) is 7.76. The minimum absolute atomic E-state index is 0.215. The number of hydrogen-bond donors (Lipinski definition) is 1. The SMILES string of the molecule is Cc1cc(C)cc(-c2nccc3c2cc(-c2ccc4[nH]c5ccccc5c4c2)c2c(F)cccc23)c1. The Morgan fingerprint density at radius 3 is 2.25 bits per heavy atom. The van der Waals surface area contributed by atoms with Crippen LogP contribution in [0, 0.1) is 19.7 Å². The standard InChI is InChI=1S/C33H23FN2/c1-19-14-20(2)16-22(15-19)33-28-18-26(32-25(7-5-8-29(32)34)23(28)12-13-35-33)21-10-11-31-27(17-21)24-6-3-4-9-30(24)36-31/h3-18,36H,1-2H3. The van der Waals surface area contributed by atoms with Gasteiger partial charge in [0.2, 0.25) is 0 Å². The summed E-state index contributed by atoms with van der Waals surface area (Å²) in [5, 5.41) is 5.86. The van der Waals surface area contributed by atoms with Crippen molar-refractivity contribution < 1.29 is 4.39 Å². The van der Waals surface area contributed by atoms with E-state index in [0.29, 0.717) is 5.39 Å². The van der Waals surface area contributed by atoms with E-state index < -0.39 is 0 Å². The molecule has 0 spiro atoms. The van der Waals surface area contributed by atoms with Crippen molar-refractivity contribution in [3.63, 3.8) is 0 Å². The van der Waals surface area contributed by atoms with Crippen LogP contribution in [0.15, 0.2) is 97.2 Å². The fourth-order valence-corrected chi connectivity index (χ4v) is 5.68. The molecule has 0 aliphatic heterocycles. The molecule has 7 aromatic rings. The van der Waals surface area contributed by atoms with Gasteiger partial charge in [0.1, 0.15) is 5.82 Å². The average molecular weight is 467 g/mol. The molecule has 0 aliphatic carbocycles. The topological polar surface area (TPSA) is 28.7 Å². The lowest BCUT2D eigenvalue weighted by molar-refractivity contribution is 0.640. The van der Waals surface area contributed by atoms with E-state index in [1.165, 1.54) is 11.1 Å². The second-order valence-corrected chi connectivity index (χ2v) is 9.65. The molecule has 3 heteroatoms. The summed E-state index contributed by atoms with van der Waals surface area (Å²) in [6.45, 7) is 4.21. The molecule has 2 nitrogen and oxygen atoms in total. The van der Waals surface area contributed by atoms with Gasteiger partial charge in [0.15, 0.2) is 0 Å². The highest BCUT2D eigenvalue weighted by molar-refractivity contribution is 6.17. The van der Waals surface area contributed by atoms with Gasteiger partial charge in [-0.2, -0.15) is 0 Å². The van der Waals surface area contributed by atoms with Crippen molar-refractivity contribution in [2.75, 3.05) is 0 Å². The monoisotopic (exact) mass is 466 g/mol. The number of hydrogen-bond acceptors (Lipinski definition) is 1. The molecule has 5 aromatic carbocycles. The Bertz CT molecular complexity index is 1960. The van der Waals surface area contributed by atoms with Crippen molar-refractivity contribution in [1.29, 1.82) is 0 Å². The van der Waals surface area contributed by atoms with Crippen molar-refractivity contribution in [2.24, 2.45) is 0 Å². The Balaban J connectivity index is 1.59. The molecule has 0 unspecified atom stereocenters. The molecule has 0 aliphatic rings. The van der Waals surface area contributed by atoms with E-state index in [9.17, 15) is 0 Å². The maximum absolute atomic E-state index is 15.5. The highest BCUT2D eigenvalue weighted by Crippen LogP contribution is 2.40. The van der Waals surface area contributed by atoms with Crippen LogP contribution in [0.1, 0.15) is 11.1 Å². The van der Waals surface area contributed by atoms with Gasteiger partial charge < -0.3 is 4.98 Å². The number of nitrogens with one attached hydrogen (secondary N) is 1. The first-order valence-corrected chi connectivity index (χ1v) is 12.2. The largest absolute Gasteiger partial charge is 0.355 e. The van der Waals surface area contributed by atoms with Crippen LogP contribution in [0.3, 0.4) is 0 Å². The molecule has 0 amide bonds. The van der Waals surface area contributed by atoms with Gasteiger partial charge in [0.05, 0.1) is 5.69 Å². The summed E-state index contributed by atoms with van der Waals surface area (Å²) in [5.41, 5.74) is 8.41. The number of aryl methyl sites for hydroxylation is 2. The summed E-state index contributed by atoms with van der Waals surface area (Å²) in [4.78, 5) is 8.30. The minimum Gasteiger partial charge on any atom is -0.355 e. The minimum atomic E-state index is -0.215. The highest BCUT2D eigenvalue weighted by atomic mass is 19.1. The Morgan fingerprint density at radius 1 is 0.611 bits per heavy atom.